The van der Waals surface area contributed by atoms with Crippen LogP contribution in [0.15, 0.2) is 93.8 Å². The first-order chi connectivity index (χ1) is 19.1. The van der Waals surface area contributed by atoms with E-state index in [1.807, 2.05) is 80.6 Å². The average Bonchev–Trinajstić information content (AvgIpc) is 3.73. The molecule has 0 atom stereocenters. The van der Waals surface area contributed by atoms with Crippen LogP contribution in [0.1, 0.15) is 11.1 Å². The van der Waals surface area contributed by atoms with Gasteiger partial charge in [-0.25, -0.2) is 14.8 Å². The normalized spacial score (nSPS) is 10.8. The smallest absolute Gasteiger partial charge is 0.227 e. The van der Waals surface area contributed by atoms with Gasteiger partial charge in [0.2, 0.25) is 17.6 Å². The van der Waals surface area contributed by atoms with E-state index in [0.29, 0.717) is 28.9 Å². The molecule has 7 rings (SSSR count). The van der Waals surface area contributed by atoms with E-state index in [1.165, 1.54) is 0 Å². The van der Waals surface area contributed by atoms with Gasteiger partial charge in [-0.05, 0) is 72.7 Å². The summed E-state index contributed by atoms with van der Waals surface area (Å²) in [5.74, 6) is 1.76. The summed E-state index contributed by atoms with van der Waals surface area (Å²) in [7, 11) is 0. The lowest BCUT2D eigenvalue weighted by Crippen LogP contribution is -1.82. The Labute approximate surface area is 223 Å². The summed E-state index contributed by atoms with van der Waals surface area (Å²) in [6.07, 6.45) is 0. The number of aryl methyl sites for hydroxylation is 2. The number of fused-ring (bicyclic) bond motifs is 2. The maximum Gasteiger partial charge on any atom is 0.227 e. The number of hydrogen-bond donors (Lipinski definition) is 1. The molecule has 0 aliphatic carbocycles. The molecule has 0 spiro atoms. The Hall–Kier alpha value is -5.62. The van der Waals surface area contributed by atoms with Crippen LogP contribution < -0.4 is 0 Å². The van der Waals surface area contributed by atoms with Gasteiger partial charge in [0, 0.05) is 16.7 Å². The van der Waals surface area contributed by atoms with Gasteiger partial charge in [-0.3, -0.25) is 0 Å². The molecule has 0 fully saturated rings. The Morgan fingerprint density at radius 2 is 1.31 bits per heavy atom. The zero-order valence-corrected chi connectivity index (χ0v) is 21.1. The van der Waals surface area contributed by atoms with Crippen molar-refractivity contribution in [3.8, 4) is 34.3 Å². The number of oxazole rings is 2. The maximum atomic E-state index is 6.99. The number of nitrogens with zero attached hydrogens (tertiary/aromatic N) is 6. The molecule has 188 valence electrons. The predicted molar refractivity (Wildman–Crippen MR) is 148 cm³/mol. The second-order valence-corrected chi connectivity index (χ2v) is 8.85. The average molecular weight is 512 g/mol. The fraction of sp³-hybridized carbons (Fsp3) is 0.0667. The van der Waals surface area contributed by atoms with E-state index in [2.05, 4.69) is 35.4 Å². The van der Waals surface area contributed by atoms with Crippen molar-refractivity contribution in [3.05, 3.63) is 107 Å². The monoisotopic (exact) mass is 511 g/mol. The molecule has 4 aromatic carbocycles. The Morgan fingerprint density at radius 1 is 0.718 bits per heavy atom. The van der Waals surface area contributed by atoms with Crippen LogP contribution in [0.4, 0.5) is 5.69 Å². The van der Waals surface area contributed by atoms with Gasteiger partial charge in [-0.2, -0.15) is 5.21 Å². The highest BCUT2D eigenvalue weighted by Crippen LogP contribution is 2.30. The van der Waals surface area contributed by atoms with Crippen LogP contribution in [0.2, 0.25) is 0 Å². The molecule has 0 saturated carbocycles. The molecule has 3 aromatic heterocycles. The molecule has 0 unspecified atom stereocenters. The van der Waals surface area contributed by atoms with Crippen molar-refractivity contribution in [3.63, 3.8) is 0 Å². The molecule has 3 heterocycles. The van der Waals surface area contributed by atoms with E-state index in [1.54, 1.807) is 18.2 Å². The van der Waals surface area contributed by atoms with E-state index in [9.17, 15) is 0 Å². The van der Waals surface area contributed by atoms with Crippen molar-refractivity contribution in [2.45, 2.75) is 13.8 Å². The van der Waals surface area contributed by atoms with Crippen LogP contribution in [0, 0.1) is 20.4 Å². The molecule has 1 N–H and O–H groups in total. The highest BCUT2D eigenvalue weighted by atomic mass is 16.4. The summed E-state index contributed by atoms with van der Waals surface area (Å²) in [5.41, 5.74) is 8.59. The zero-order valence-electron chi connectivity index (χ0n) is 21.1. The third-order valence-electron chi connectivity index (χ3n) is 6.24. The number of tetrazole rings is 1. The van der Waals surface area contributed by atoms with E-state index in [-0.39, 0.29) is 0 Å². The van der Waals surface area contributed by atoms with Gasteiger partial charge in [0.15, 0.2) is 16.9 Å². The van der Waals surface area contributed by atoms with Crippen molar-refractivity contribution in [1.82, 2.24) is 30.6 Å². The van der Waals surface area contributed by atoms with Crippen molar-refractivity contribution in [2.24, 2.45) is 0 Å². The summed E-state index contributed by atoms with van der Waals surface area (Å²) >= 11 is 0. The summed E-state index contributed by atoms with van der Waals surface area (Å²) < 4.78 is 11.6. The van der Waals surface area contributed by atoms with E-state index in [4.69, 9.17) is 15.4 Å². The summed E-state index contributed by atoms with van der Waals surface area (Å²) in [6, 6.07) is 26.9. The third kappa shape index (κ3) is 4.74. The molecule has 0 amide bonds. The minimum atomic E-state index is 0.539. The molecule has 0 radical (unpaired) electrons. The summed E-state index contributed by atoms with van der Waals surface area (Å²) in [5, 5.41) is 13.9. The molecule has 0 saturated heterocycles. The van der Waals surface area contributed by atoms with Crippen LogP contribution in [-0.2, 0) is 0 Å². The molecular weight excluding hydrogens is 490 g/mol. The van der Waals surface area contributed by atoms with Gasteiger partial charge in [-0.15, -0.1) is 10.2 Å². The van der Waals surface area contributed by atoms with E-state index >= 15 is 0 Å². The highest BCUT2D eigenvalue weighted by molar-refractivity contribution is 5.82. The summed E-state index contributed by atoms with van der Waals surface area (Å²) in [6.45, 7) is 11.0. The summed E-state index contributed by atoms with van der Waals surface area (Å²) in [4.78, 5) is 12.4. The molecule has 0 aliphatic heterocycles. The van der Waals surface area contributed by atoms with Crippen LogP contribution in [0.3, 0.4) is 0 Å². The highest BCUT2D eigenvalue weighted by Gasteiger charge is 2.13. The third-order valence-corrected chi connectivity index (χ3v) is 6.24. The van der Waals surface area contributed by atoms with Gasteiger partial charge in [0.25, 0.3) is 0 Å². The van der Waals surface area contributed by atoms with Crippen LogP contribution >= 0.6 is 0 Å². The topological polar surface area (TPSA) is 111 Å². The second kappa shape index (κ2) is 10.0. The Morgan fingerprint density at radius 3 is 1.87 bits per heavy atom. The van der Waals surface area contributed by atoms with Crippen molar-refractivity contribution < 1.29 is 8.83 Å². The van der Waals surface area contributed by atoms with Crippen LogP contribution in [0.5, 0.6) is 0 Å². The van der Waals surface area contributed by atoms with Crippen molar-refractivity contribution >= 4 is 27.9 Å². The van der Waals surface area contributed by atoms with Gasteiger partial charge in [-0.1, -0.05) is 42.5 Å². The Kier molecular flexibility index (Phi) is 6.11. The lowest BCUT2D eigenvalue weighted by atomic mass is 10.1. The maximum absolute atomic E-state index is 6.99. The number of benzene rings is 4. The van der Waals surface area contributed by atoms with Gasteiger partial charge < -0.3 is 8.83 Å². The zero-order chi connectivity index (χ0) is 26.8. The van der Waals surface area contributed by atoms with Gasteiger partial charge in [0.1, 0.15) is 5.52 Å². The SMILES string of the molecule is Cc1ccccc1-c1nc2cc(-c3nn[nH]n3)ccc2o1.[C-]#[N+]c1ccc2oc(-c3ccccc3C)nc2c1. The standard InChI is InChI=1S/C15H11N5O.C15H10N2O/c1-9-4-2-3-5-11(9)15-16-12-8-10(6-7-13(12)21-15)14-17-19-20-18-14;1-10-5-3-4-6-12(10)15-17-13-9-11(16-2)7-8-14(13)18-15/h2-8H,1H3,(H,17,18,19,20);3-9H,1H3. The lowest BCUT2D eigenvalue weighted by Gasteiger charge is -1.98. The number of aromatic amines is 1. The van der Waals surface area contributed by atoms with Crippen LogP contribution in [-0.4, -0.2) is 30.6 Å². The first-order valence-electron chi connectivity index (χ1n) is 12.1. The molecule has 39 heavy (non-hydrogen) atoms. The minimum absolute atomic E-state index is 0.539. The lowest BCUT2D eigenvalue weighted by molar-refractivity contribution is 0.619. The first-order valence-corrected chi connectivity index (χ1v) is 12.1. The number of aromatic nitrogens is 6. The molecule has 0 bridgehead atoms. The molecule has 0 aliphatic rings. The number of hydrogen-bond acceptors (Lipinski definition) is 7. The molecular formula is C30H21N7O2. The molecule has 9 nitrogen and oxygen atoms in total. The Bertz CT molecular complexity index is 1960. The van der Waals surface area contributed by atoms with Gasteiger partial charge >= 0.3 is 0 Å². The first kappa shape index (κ1) is 23.8. The van der Waals surface area contributed by atoms with Crippen LogP contribution in [0.25, 0.3) is 61.3 Å². The van der Waals surface area contributed by atoms with Crippen molar-refractivity contribution in [1.29, 1.82) is 0 Å². The largest absolute Gasteiger partial charge is 0.436 e. The minimum Gasteiger partial charge on any atom is -0.436 e. The molecule has 7 aromatic rings. The number of nitrogens with one attached hydrogen (secondary N) is 1. The van der Waals surface area contributed by atoms with Gasteiger partial charge in [0.05, 0.1) is 12.1 Å². The second-order valence-electron chi connectivity index (χ2n) is 8.85. The number of rotatable bonds is 3. The fourth-order valence-electron chi connectivity index (χ4n) is 4.19. The van der Waals surface area contributed by atoms with Crippen molar-refractivity contribution in [2.75, 3.05) is 0 Å². The Balaban J connectivity index is 0.000000144. The quantitative estimate of drug-likeness (QED) is 0.247. The fourth-order valence-corrected chi connectivity index (χ4v) is 4.19. The predicted octanol–water partition coefficient (Wildman–Crippen LogP) is 7.34. The number of H-pyrrole nitrogens is 1. The van der Waals surface area contributed by atoms with E-state index in [0.717, 1.165) is 44.4 Å². The van der Waals surface area contributed by atoms with E-state index < -0.39 is 0 Å². The molecule has 9 heteroatoms.